The summed E-state index contributed by atoms with van der Waals surface area (Å²) in [6.07, 6.45) is 3.77. The van der Waals surface area contributed by atoms with Gasteiger partial charge in [0.15, 0.2) is 0 Å². The molecule has 3 rings (SSSR count). The van der Waals surface area contributed by atoms with Crippen LogP contribution in [0.4, 0.5) is 17.1 Å². The fourth-order valence-electron chi connectivity index (χ4n) is 3.39. The molecule has 0 aromatic heterocycles. The van der Waals surface area contributed by atoms with Gasteiger partial charge in [0.1, 0.15) is 0 Å². The highest BCUT2D eigenvalue weighted by molar-refractivity contribution is 6.30. The van der Waals surface area contributed by atoms with E-state index in [0.29, 0.717) is 10.7 Å². The summed E-state index contributed by atoms with van der Waals surface area (Å²) >= 11 is 5.84. The lowest BCUT2D eigenvalue weighted by atomic mass is 10.1. The second-order valence-corrected chi connectivity index (χ2v) is 7.81. The number of rotatable bonds is 7. The highest BCUT2D eigenvalue weighted by Gasteiger charge is 2.13. The first kappa shape index (κ1) is 21.1. The van der Waals surface area contributed by atoms with Crippen LogP contribution in [0.5, 0.6) is 0 Å². The molecule has 6 nitrogen and oxygen atoms in total. The summed E-state index contributed by atoms with van der Waals surface area (Å²) in [4.78, 5) is 28.4. The molecule has 0 saturated carbocycles. The van der Waals surface area contributed by atoms with Crippen LogP contribution in [0.15, 0.2) is 48.5 Å². The maximum atomic E-state index is 12.3. The SMILES string of the molecule is CN(CC(=O)Nc1ccc(Cl)cc1)CC(=O)Nc1ccc(N2CCCCC2)cc1. The van der Waals surface area contributed by atoms with Gasteiger partial charge in [-0.05, 0) is 74.8 Å². The number of nitrogens with one attached hydrogen (secondary N) is 2. The Morgan fingerprint density at radius 3 is 1.86 bits per heavy atom. The molecule has 1 heterocycles. The molecule has 1 saturated heterocycles. The lowest BCUT2D eigenvalue weighted by Crippen LogP contribution is -2.36. The van der Waals surface area contributed by atoms with Crippen LogP contribution in [0, 0.1) is 0 Å². The summed E-state index contributed by atoms with van der Waals surface area (Å²) in [6.45, 7) is 2.43. The number of halogens is 1. The van der Waals surface area contributed by atoms with Crippen LogP contribution < -0.4 is 15.5 Å². The van der Waals surface area contributed by atoms with Crippen molar-refractivity contribution < 1.29 is 9.59 Å². The van der Waals surface area contributed by atoms with Crippen LogP contribution in [0.25, 0.3) is 0 Å². The van der Waals surface area contributed by atoms with Crippen molar-refractivity contribution in [3.05, 3.63) is 53.6 Å². The van der Waals surface area contributed by atoms with E-state index in [0.717, 1.165) is 18.8 Å². The summed E-state index contributed by atoms with van der Waals surface area (Å²) < 4.78 is 0. The van der Waals surface area contributed by atoms with Crippen molar-refractivity contribution in [3.8, 4) is 0 Å². The van der Waals surface area contributed by atoms with E-state index >= 15 is 0 Å². The van der Waals surface area contributed by atoms with Gasteiger partial charge in [-0.3, -0.25) is 14.5 Å². The Kier molecular flexibility index (Phi) is 7.49. The minimum atomic E-state index is -0.187. The van der Waals surface area contributed by atoms with Gasteiger partial charge in [-0.1, -0.05) is 11.6 Å². The van der Waals surface area contributed by atoms with Crippen molar-refractivity contribution in [1.82, 2.24) is 4.90 Å². The third kappa shape index (κ3) is 6.76. The first-order valence-corrected chi connectivity index (χ1v) is 10.3. The second-order valence-electron chi connectivity index (χ2n) is 7.37. The zero-order valence-electron chi connectivity index (χ0n) is 16.7. The molecule has 2 aromatic carbocycles. The van der Waals surface area contributed by atoms with E-state index < -0.39 is 0 Å². The quantitative estimate of drug-likeness (QED) is 0.722. The Morgan fingerprint density at radius 2 is 1.34 bits per heavy atom. The monoisotopic (exact) mass is 414 g/mol. The summed E-state index contributed by atoms with van der Waals surface area (Å²) in [7, 11) is 1.74. The number of carbonyl (C=O) groups excluding carboxylic acids is 2. The van der Waals surface area contributed by atoms with Crippen molar-refractivity contribution in [3.63, 3.8) is 0 Å². The minimum Gasteiger partial charge on any atom is -0.372 e. The maximum Gasteiger partial charge on any atom is 0.238 e. The van der Waals surface area contributed by atoms with Gasteiger partial charge in [0.2, 0.25) is 11.8 Å². The lowest BCUT2D eigenvalue weighted by molar-refractivity contribution is -0.119. The summed E-state index contributed by atoms with van der Waals surface area (Å²) in [5.74, 6) is -0.342. The van der Waals surface area contributed by atoms with Crippen molar-refractivity contribution in [1.29, 1.82) is 0 Å². The van der Waals surface area contributed by atoms with Gasteiger partial charge < -0.3 is 15.5 Å². The van der Waals surface area contributed by atoms with Crippen molar-refractivity contribution in [2.75, 3.05) is 48.8 Å². The summed E-state index contributed by atoms with van der Waals surface area (Å²) in [5.41, 5.74) is 2.62. The Labute approximate surface area is 176 Å². The van der Waals surface area contributed by atoms with Gasteiger partial charge in [0, 0.05) is 35.2 Å². The largest absolute Gasteiger partial charge is 0.372 e. The number of nitrogens with zero attached hydrogens (tertiary/aromatic N) is 2. The number of carbonyl (C=O) groups is 2. The van der Waals surface area contributed by atoms with Crippen molar-refractivity contribution in [2.45, 2.75) is 19.3 Å². The predicted molar refractivity (Wildman–Crippen MR) is 119 cm³/mol. The number of benzene rings is 2. The summed E-state index contributed by atoms with van der Waals surface area (Å²) in [5, 5.41) is 6.28. The molecule has 2 amide bonds. The van der Waals surface area contributed by atoms with Crippen LogP contribution in [-0.2, 0) is 9.59 Å². The molecule has 0 aliphatic carbocycles. The molecule has 1 aliphatic heterocycles. The Hall–Kier alpha value is -2.57. The second kappa shape index (κ2) is 10.3. The van der Waals surface area contributed by atoms with Crippen LogP contribution in [0.1, 0.15) is 19.3 Å². The van der Waals surface area contributed by atoms with E-state index in [4.69, 9.17) is 11.6 Å². The van der Waals surface area contributed by atoms with Gasteiger partial charge in [-0.15, -0.1) is 0 Å². The fraction of sp³-hybridized carbons (Fsp3) is 0.364. The van der Waals surface area contributed by atoms with Gasteiger partial charge >= 0.3 is 0 Å². The molecular formula is C22H27ClN4O2. The smallest absolute Gasteiger partial charge is 0.238 e. The lowest BCUT2D eigenvalue weighted by Gasteiger charge is -2.28. The Bertz CT molecular complexity index is 818. The molecule has 0 bridgehead atoms. The van der Waals surface area contributed by atoms with E-state index in [2.05, 4.69) is 15.5 Å². The van der Waals surface area contributed by atoms with E-state index in [1.165, 1.54) is 24.9 Å². The zero-order valence-corrected chi connectivity index (χ0v) is 17.4. The molecule has 7 heteroatoms. The minimum absolute atomic E-state index is 0.115. The molecule has 0 unspecified atom stereocenters. The molecule has 0 radical (unpaired) electrons. The van der Waals surface area contributed by atoms with E-state index in [1.807, 2.05) is 24.3 Å². The molecule has 154 valence electrons. The van der Waals surface area contributed by atoms with Crippen LogP contribution in [-0.4, -0.2) is 49.9 Å². The van der Waals surface area contributed by atoms with E-state index in [9.17, 15) is 9.59 Å². The maximum absolute atomic E-state index is 12.3. The number of hydrogen-bond donors (Lipinski definition) is 2. The molecule has 2 aromatic rings. The van der Waals surface area contributed by atoms with E-state index in [-0.39, 0.29) is 24.9 Å². The fourth-order valence-corrected chi connectivity index (χ4v) is 3.51. The third-order valence-corrected chi connectivity index (χ3v) is 5.08. The van der Waals surface area contributed by atoms with Crippen LogP contribution in [0.2, 0.25) is 5.02 Å². The number of anilines is 3. The van der Waals surface area contributed by atoms with Gasteiger partial charge in [0.05, 0.1) is 13.1 Å². The number of piperidine rings is 1. The number of amides is 2. The van der Waals surface area contributed by atoms with E-state index in [1.54, 1.807) is 36.2 Å². The molecular weight excluding hydrogens is 388 g/mol. The standard InChI is InChI=1S/C22H27ClN4O2/c1-26(15-21(28)24-18-7-5-17(23)6-8-18)16-22(29)25-19-9-11-20(12-10-19)27-13-3-2-4-14-27/h5-12H,2-4,13-16H2,1H3,(H,24,28)(H,25,29). The Balaban J connectivity index is 1.43. The number of hydrogen-bond acceptors (Lipinski definition) is 4. The normalized spacial score (nSPS) is 14.0. The predicted octanol–water partition coefficient (Wildman–Crippen LogP) is 3.84. The van der Waals surface area contributed by atoms with Gasteiger partial charge in [-0.2, -0.15) is 0 Å². The molecule has 0 atom stereocenters. The zero-order chi connectivity index (χ0) is 20.6. The number of likely N-dealkylation sites (N-methyl/N-ethyl adjacent to an activating group) is 1. The molecule has 1 fully saturated rings. The van der Waals surface area contributed by atoms with Crippen molar-refractivity contribution >= 4 is 40.5 Å². The molecule has 1 aliphatic rings. The summed E-state index contributed by atoms with van der Waals surface area (Å²) in [6, 6.07) is 14.8. The Morgan fingerprint density at radius 1 is 0.862 bits per heavy atom. The molecule has 2 N–H and O–H groups in total. The highest BCUT2D eigenvalue weighted by atomic mass is 35.5. The highest BCUT2D eigenvalue weighted by Crippen LogP contribution is 2.21. The third-order valence-electron chi connectivity index (χ3n) is 4.83. The average Bonchev–Trinajstić information content (AvgIpc) is 2.70. The van der Waals surface area contributed by atoms with Gasteiger partial charge in [-0.25, -0.2) is 0 Å². The molecule has 29 heavy (non-hydrogen) atoms. The van der Waals surface area contributed by atoms with Crippen LogP contribution >= 0.6 is 11.6 Å². The van der Waals surface area contributed by atoms with Crippen molar-refractivity contribution in [2.24, 2.45) is 0 Å². The van der Waals surface area contributed by atoms with Gasteiger partial charge in [0.25, 0.3) is 0 Å². The molecule has 0 spiro atoms. The first-order chi connectivity index (χ1) is 14.0. The first-order valence-electron chi connectivity index (χ1n) is 9.88. The topological polar surface area (TPSA) is 64.7 Å². The average molecular weight is 415 g/mol. The van der Waals surface area contributed by atoms with Crippen LogP contribution in [0.3, 0.4) is 0 Å².